The van der Waals surface area contributed by atoms with Crippen molar-refractivity contribution in [2.75, 3.05) is 0 Å². The van der Waals surface area contributed by atoms with Gasteiger partial charge in [-0.05, 0) is 56.3 Å². The predicted octanol–water partition coefficient (Wildman–Crippen LogP) is 5.50. The molecule has 3 heteroatoms. The number of hydrogen-bond acceptors (Lipinski definition) is 0. The minimum atomic E-state index is 1.10. The van der Waals surface area contributed by atoms with Gasteiger partial charge < -0.3 is 9.13 Å². The third-order valence-corrected chi connectivity index (χ3v) is 5.01. The first-order valence-corrected chi connectivity index (χ1v) is 8.18. The van der Waals surface area contributed by atoms with Gasteiger partial charge in [0.1, 0.15) is 0 Å². The quantitative estimate of drug-likeness (QED) is 0.428. The van der Waals surface area contributed by atoms with Crippen LogP contribution in [0.4, 0.5) is 0 Å². The van der Waals surface area contributed by atoms with Crippen LogP contribution in [0.1, 0.15) is 11.4 Å². The zero-order valence-electron chi connectivity index (χ0n) is 12.9. The van der Waals surface area contributed by atoms with Crippen LogP contribution >= 0.6 is 15.9 Å². The number of halogens is 1. The molecule has 0 saturated heterocycles. The SMILES string of the molecule is Cc1cc2ccc3c(cc(C)n3-c3ccc(Br)cc3)c2n1C. The minimum Gasteiger partial charge on any atom is -0.347 e. The van der Waals surface area contributed by atoms with Crippen LogP contribution in [0, 0.1) is 13.8 Å². The van der Waals surface area contributed by atoms with Gasteiger partial charge in [-0.3, -0.25) is 0 Å². The maximum absolute atomic E-state index is 3.51. The molecule has 0 spiro atoms. The molecule has 0 N–H and O–H groups in total. The fraction of sp³-hybridized carbons (Fsp3) is 0.158. The van der Waals surface area contributed by atoms with Crippen molar-refractivity contribution in [3.8, 4) is 5.69 Å². The highest BCUT2D eigenvalue weighted by Crippen LogP contribution is 2.32. The summed E-state index contributed by atoms with van der Waals surface area (Å²) in [5.74, 6) is 0. The van der Waals surface area contributed by atoms with Gasteiger partial charge in [0, 0.05) is 39.4 Å². The first kappa shape index (κ1) is 13.6. The van der Waals surface area contributed by atoms with E-state index in [1.165, 1.54) is 38.9 Å². The van der Waals surface area contributed by atoms with Gasteiger partial charge >= 0.3 is 0 Å². The van der Waals surface area contributed by atoms with E-state index in [9.17, 15) is 0 Å². The molecule has 2 aromatic heterocycles. The Hall–Kier alpha value is -2.00. The van der Waals surface area contributed by atoms with Gasteiger partial charge in [0.05, 0.1) is 11.0 Å². The van der Waals surface area contributed by atoms with E-state index in [0.29, 0.717) is 0 Å². The van der Waals surface area contributed by atoms with Crippen molar-refractivity contribution >= 4 is 37.7 Å². The molecule has 110 valence electrons. The Morgan fingerprint density at radius 3 is 2.32 bits per heavy atom. The largest absolute Gasteiger partial charge is 0.347 e. The van der Waals surface area contributed by atoms with Gasteiger partial charge in [-0.1, -0.05) is 22.0 Å². The van der Waals surface area contributed by atoms with Crippen molar-refractivity contribution in [3.63, 3.8) is 0 Å². The lowest BCUT2D eigenvalue weighted by Gasteiger charge is -2.09. The van der Waals surface area contributed by atoms with Crippen LogP contribution < -0.4 is 0 Å². The molecule has 0 bridgehead atoms. The monoisotopic (exact) mass is 352 g/mol. The third-order valence-electron chi connectivity index (χ3n) is 4.49. The minimum absolute atomic E-state index is 1.10. The van der Waals surface area contributed by atoms with Crippen LogP contribution in [-0.4, -0.2) is 9.13 Å². The van der Waals surface area contributed by atoms with Crippen LogP contribution in [0.15, 0.2) is 53.0 Å². The summed E-state index contributed by atoms with van der Waals surface area (Å²) in [6.45, 7) is 4.33. The van der Waals surface area contributed by atoms with Gasteiger partial charge in [0.2, 0.25) is 0 Å². The summed E-state index contributed by atoms with van der Waals surface area (Å²) in [5, 5.41) is 2.62. The lowest BCUT2D eigenvalue weighted by atomic mass is 10.2. The highest BCUT2D eigenvalue weighted by atomic mass is 79.9. The molecular formula is C19H17BrN2. The predicted molar refractivity (Wildman–Crippen MR) is 96.9 cm³/mol. The third kappa shape index (κ3) is 1.85. The average molecular weight is 353 g/mol. The van der Waals surface area contributed by atoms with E-state index in [1.54, 1.807) is 0 Å². The van der Waals surface area contributed by atoms with Crippen molar-refractivity contribution in [1.29, 1.82) is 0 Å². The number of benzene rings is 2. The fourth-order valence-electron chi connectivity index (χ4n) is 3.34. The van der Waals surface area contributed by atoms with Crippen LogP contribution in [0.25, 0.3) is 27.5 Å². The van der Waals surface area contributed by atoms with Gasteiger partial charge in [-0.15, -0.1) is 0 Å². The second-order valence-corrected chi connectivity index (χ2v) is 6.79. The zero-order valence-corrected chi connectivity index (χ0v) is 14.5. The molecule has 2 aromatic carbocycles. The molecule has 22 heavy (non-hydrogen) atoms. The zero-order chi connectivity index (χ0) is 15.4. The lowest BCUT2D eigenvalue weighted by molar-refractivity contribution is 0.921. The van der Waals surface area contributed by atoms with Gasteiger partial charge in [0.25, 0.3) is 0 Å². The Balaban J connectivity index is 2.10. The first-order chi connectivity index (χ1) is 10.6. The molecule has 0 aliphatic heterocycles. The van der Waals surface area contributed by atoms with Gasteiger partial charge in [-0.2, -0.15) is 0 Å². The molecule has 0 aliphatic carbocycles. The summed E-state index contributed by atoms with van der Waals surface area (Å²) in [7, 11) is 2.14. The van der Waals surface area contributed by atoms with Crippen LogP contribution in [-0.2, 0) is 7.05 Å². The average Bonchev–Trinajstić information content (AvgIpc) is 2.97. The summed E-state index contributed by atoms with van der Waals surface area (Å²) in [5.41, 5.74) is 6.31. The Kier molecular flexibility index (Phi) is 2.95. The summed E-state index contributed by atoms with van der Waals surface area (Å²) >= 11 is 3.51. The normalized spacial score (nSPS) is 11.6. The summed E-state index contributed by atoms with van der Waals surface area (Å²) in [6, 6.07) is 17.5. The first-order valence-electron chi connectivity index (χ1n) is 7.39. The van der Waals surface area contributed by atoms with E-state index >= 15 is 0 Å². The molecule has 2 heterocycles. The maximum Gasteiger partial charge on any atom is 0.0575 e. The van der Waals surface area contributed by atoms with Crippen molar-refractivity contribution in [2.24, 2.45) is 7.05 Å². The molecule has 0 radical (unpaired) electrons. The molecule has 4 aromatic rings. The molecule has 0 saturated carbocycles. The van der Waals surface area contributed by atoms with E-state index in [-0.39, 0.29) is 0 Å². The van der Waals surface area contributed by atoms with E-state index < -0.39 is 0 Å². The molecular weight excluding hydrogens is 336 g/mol. The molecule has 0 atom stereocenters. The number of nitrogens with zero attached hydrogens (tertiary/aromatic N) is 2. The standard InChI is InChI=1S/C19H17BrN2/c1-12-10-14-4-9-18-17(19(14)21(12)3)11-13(2)22(18)16-7-5-15(20)6-8-16/h4-11H,1-3H3. The highest BCUT2D eigenvalue weighted by Gasteiger charge is 2.13. The second-order valence-electron chi connectivity index (χ2n) is 5.88. The Labute approximate surface area is 138 Å². The molecule has 2 nitrogen and oxygen atoms in total. The highest BCUT2D eigenvalue weighted by molar-refractivity contribution is 9.10. The number of aryl methyl sites for hydroxylation is 3. The number of hydrogen-bond donors (Lipinski definition) is 0. The van der Waals surface area contributed by atoms with Crippen molar-refractivity contribution in [2.45, 2.75) is 13.8 Å². The fourth-order valence-corrected chi connectivity index (χ4v) is 3.60. The topological polar surface area (TPSA) is 9.86 Å². The Morgan fingerprint density at radius 1 is 0.864 bits per heavy atom. The second kappa shape index (κ2) is 4.75. The molecule has 0 aliphatic rings. The molecule has 0 fully saturated rings. The molecule has 4 rings (SSSR count). The van der Waals surface area contributed by atoms with Crippen molar-refractivity contribution < 1.29 is 0 Å². The summed E-state index contributed by atoms with van der Waals surface area (Å²) < 4.78 is 5.71. The van der Waals surface area contributed by atoms with E-state index in [1.807, 2.05) is 0 Å². The molecule has 0 amide bonds. The van der Waals surface area contributed by atoms with Crippen molar-refractivity contribution in [3.05, 3.63) is 64.4 Å². The van der Waals surface area contributed by atoms with E-state index in [4.69, 9.17) is 0 Å². The van der Waals surface area contributed by atoms with Crippen LogP contribution in [0.2, 0.25) is 0 Å². The smallest absolute Gasteiger partial charge is 0.0575 e. The van der Waals surface area contributed by atoms with Gasteiger partial charge in [0.15, 0.2) is 0 Å². The summed E-state index contributed by atoms with van der Waals surface area (Å²) in [4.78, 5) is 0. The van der Waals surface area contributed by atoms with E-state index in [2.05, 4.69) is 94.5 Å². The number of rotatable bonds is 1. The summed E-state index contributed by atoms with van der Waals surface area (Å²) in [6.07, 6.45) is 0. The van der Waals surface area contributed by atoms with Gasteiger partial charge in [-0.25, -0.2) is 0 Å². The Morgan fingerprint density at radius 2 is 1.59 bits per heavy atom. The van der Waals surface area contributed by atoms with Crippen LogP contribution in [0.3, 0.4) is 0 Å². The lowest BCUT2D eigenvalue weighted by Crippen LogP contribution is -1.95. The van der Waals surface area contributed by atoms with Crippen molar-refractivity contribution in [1.82, 2.24) is 9.13 Å². The Bertz CT molecular complexity index is 1000. The van der Waals surface area contributed by atoms with Crippen LogP contribution in [0.5, 0.6) is 0 Å². The number of aromatic nitrogens is 2. The number of fused-ring (bicyclic) bond motifs is 3. The van der Waals surface area contributed by atoms with E-state index in [0.717, 1.165) is 4.47 Å². The molecule has 0 unspecified atom stereocenters. The maximum atomic E-state index is 3.51.